The smallest absolute Gasteiger partial charge is 0.191 e. The van der Waals surface area contributed by atoms with E-state index < -0.39 is 0 Å². The predicted molar refractivity (Wildman–Crippen MR) is 111 cm³/mol. The summed E-state index contributed by atoms with van der Waals surface area (Å²) in [5.74, 6) is 3.63. The quantitative estimate of drug-likeness (QED) is 0.509. The van der Waals surface area contributed by atoms with Gasteiger partial charge in [0.25, 0.3) is 0 Å². The van der Waals surface area contributed by atoms with Crippen molar-refractivity contribution in [2.24, 2.45) is 4.99 Å². The molecule has 0 amide bonds. The van der Waals surface area contributed by atoms with Gasteiger partial charge in [-0.2, -0.15) is 0 Å². The van der Waals surface area contributed by atoms with Gasteiger partial charge in [0.05, 0.1) is 27.9 Å². The number of nitrogens with one attached hydrogen (secondary N) is 2. The van der Waals surface area contributed by atoms with Crippen LogP contribution in [0, 0.1) is 0 Å². The lowest BCUT2D eigenvalue weighted by molar-refractivity contribution is 0.223. The van der Waals surface area contributed by atoms with Crippen molar-refractivity contribution in [1.82, 2.24) is 10.6 Å². The molecule has 0 aromatic heterocycles. The second kappa shape index (κ2) is 10.9. The van der Waals surface area contributed by atoms with Crippen LogP contribution >= 0.6 is 0 Å². The molecule has 7 heteroatoms. The van der Waals surface area contributed by atoms with Gasteiger partial charge in [-0.15, -0.1) is 0 Å². The minimum absolute atomic E-state index is 0.0493. The molecule has 1 unspecified atom stereocenters. The Morgan fingerprint density at radius 2 is 1.68 bits per heavy atom. The average Bonchev–Trinajstić information content (AvgIpc) is 2.73. The monoisotopic (exact) mass is 387 g/mol. The lowest BCUT2D eigenvalue weighted by Gasteiger charge is -2.18. The van der Waals surface area contributed by atoms with Crippen molar-refractivity contribution in [3.8, 4) is 23.0 Å². The molecule has 7 nitrogen and oxygen atoms in total. The first-order valence-corrected chi connectivity index (χ1v) is 9.05. The minimum Gasteiger partial charge on any atom is -0.497 e. The molecular formula is C21H29N3O4. The lowest BCUT2D eigenvalue weighted by Crippen LogP contribution is -2.41. The highest BCUT2D eigenvalue weighted by Crippen LogP contribution is 2.27. The van der Waals surface area contributed by atoms with Crippen molar-refractivity contribution in [2.75, 3.05) is 34.9 Å². The lowest BCUT2D eigenvalue weighted by atomic mass is 10.2. The van der Waals surface area contributed by atoms with Crippen LogP contribution in [0.1, 0.15) is 12.5 Å². The van der Waals surface area contributed by atoms with Crippen LogP contribution in [0.15, 0.2) is 47.5 Å². The van der Waals surface area contributed by atoms with E-state index in [2.05, 4.69) is 15.6 Å². The normalized spacial score (nSPS) is 12.1. The summed E-state index contributed by atoms with van der Waals surface area (Å²) in [6.07, 6.45) is -0.0493. The minimum atomic E-state index is -0.0493. The van der Waals surface area contributed by atoms with E-state index in [1.165, 1.54) is 0 Å². The number of rotatable bonds is 9. The molecule has 0 spiro atoms. The van der Waals surface area contributed by atoms with Gasteiger partial charge in [0, 0.05) is 19.7 Å². The topological polar surface area (TPSA) is 73.3 Å². The third-order valence-corrected chi connectivity index (χ3v) is 4.07. The first-order valence-electron chi connectivity index (χ1n) is 9.05. The van der Waals surface area contributed by atoms with Crippen LogP contribution < -0.4 is 29.6 Å². The Hall–Kier alpha value is -3.09. The summed E-state index contributed by atoms with van der Waals surface area (Å²) in [5.41, 5.74) is 1.06. The first kappa shape index (κ1) is 21.2. The maximum atomic E-state index is 5.91. The molecule has 0 bridgehead atoms. The SMILES string of the molecule is CN=C(NCc1ccc(OC)c(OC)c1)NCC(C)Oc1cccc(OC)c1. The van der Waals surface area contributed by atoms with Gasteiger partial charge in [0.1, 0.15) is 17.6 Å². The molecule has 0 saturated carbocycles. The van der Waals surface area contributed by atoms with Crippen LogP contribution in [0.25, 0.3) is 0 Å². The molecule has 0 aliphatic rings. The first-order chi connectivity index (χ1) is 13.6. The Balaban J connectivity index is 1.84. The van der Waals surface area contributed by atoms with Gasteiger partial charge in [0.15, 0.2) is 17.5 Å². The van der Waals surface area contributed by atoms with Gasteiger partial charge in [-0.05, 0) is 36.8 Å². The maximum absolute atomic E-state index is 5.91. The number of hydrogen-bond donors (Lipinski definition) is 2. The molecule has 0 aliphatic heterocycles. The third-order valence-electron chi connectivity index (χ3n) is 4.07. The molecule has 0 saturated heterocycles. The second-order valence-corrected chi connectivity index (χ2v) is 6.10. The summed E-state index contributed by atoms with van der Waals surface area (Å²) >= 11 is 0. The molecular weight excluding hydrogens is 358 g/mol. The zero-order chi connectivity index (χ0) is 20.4. The second-order valence-electron chi connectivity index (χ2n) is 6.10. The van der Waals surface area contributed by atoms with E-state index in [4.69, 9.17) is 18.9 Å². The number of methoxy groups -OCH3 is 3. The van der Waals surface area contributed by atoms with E-state index in [9.17, 15) is 0 Å². The molecule has 28 heavy (non-hydrogen) atoms. The average molecular weight is 387 g/mol. The number of aliphatic imine (C=N–C) groups is 1. The number of hydrogen-bond acceptors (Lipinski definition) is 5. The number of guanidine groups is 1. The number of benzene rings is 2. The number of nitrogens with zero attached hydrogens (tertiary/aromatic N) is 1. The Morgan fingerprint density at radius 1 is 0.929 bits per heavy atom. The molecule has 2 rings (SSSR count). The molecule has 0 aliphatic carbocycles. The zero-order valence-electron chi connectivity index (χ0n) is 17.1. The van der Waals surface area contributed by atoms with E-state index >= 15 is 0 Å². The van der Waals surface area contributed by atoms with Crippen LogP contribution in [-0.2, 0) is 6.54 Å². The van der Waals surface area contributed by atoms with E-state index in [0.29, 0.717) is 30.5 Å². The van der Waals surface area contributed by atoms with Gasteiger partial charge < -0.3 is 29.6 Å². The highest BCUT2D eigenvalue weighted by molar-refractivity contribution is 5.79. The van der Waals surface area contributed by atoms with Gasteiger partial charge in [-0.3, -0.25) is 4.99 Å². The molecule has 2 N–H and O–H groups in total. The predicted octanol–water partition coefficient (Wildman–Crippen LogP) is 2.84. The fraction of sp³-hybridized carbons (Fsp3) is 0.381. The summed E-state index contributed by atoms with van der Waals surface area (Å²) in [5, 5.41) is 6.55. The van der Waals surface area contributed by atoms with E-state index in [1.807, 2.05) is 49.4 Å². The van der Waals surface area contributed by atoms with E-state index in [-0.39, 0.29) is 6.10 Å². The van der Waals surface area contributed by atoms with Crippen LogP contribution in [0.5, 0.6) is 23.0 Å². The van der Waals surface area contributed by atoms with Crippen molar-refractivity contribution in [3.05, 3.63) is 48.0 Å². The van der Waals surface area contributed by atoms with Crippen molar-refractivity contribution in [3.63, 3.8) is 0 Å². The van der Waals surface area contributed by atoms with Crippen molar-refractivity contribution >= 4 is 5.96 Å². The van der Waals surface area contributed by atoms with Crippen molar-refractivity contribution in [1.29, 1.82) is 0 Å². The number of ether oxygens (including phenoxy) is 4. The largest absolute Gasteiger partial charge is 0.497 e. The fourth-order valence-corrected chi connectivity index (χ4v) is 2.59. The molecule has 2 aromatic rings. The van der Waals surface area contributed by atoms with Gasteiger partial charge in [-0.25, -0.2) is 0 Å². The van der Waals surface area contributed by atoms with Gasteiger partial charge in [0.2, 0.25) is 0 Å². The summed E-state index contributed by atoms with van der Waals surface area (Å²) in [7, 11) is 6.62. The zero-order valence-corrected chi connectivity index (χ0v) is 17.1. The highest BCUT2D eigenvalue weighted by Gasteiger charge is 2.08. The van der Waals surface area contributed by atoms with Crippen LogP contribution in [0.4, 0.5) is 0 Å². The summed E-state index contributed by atoms with van der Waals surface area (Å²) in [6.45, 7) is 3.20. The van der Waals surface area contributed by atoms with E-state index in [0.717, 1.165) is 17.1 Å². The molecule has 0 radical (unpaired) electrons. The molecule has 1 atom stereocenters. The summed E-state index contributed by atoms with van der Waals surface area (Å²) in [4.78, 5) is 4.25. The molecule has 0 fully saturated rings. The van der Waals surface area contributed by atoms with Crippen LogP contribution in [-0.4, -0.2) is 47.0 Å². The van der Waals surface area contributed by atoms with Crippen LogP contribution in [0.3, 0.4) is 0 Å². The molecule has 152 valence electrons. The van der Waals surface area contributed by atoms with E-state index in [1.54, 1.807) is 28.4 Å². The molecule has 0 heterocycles. The fourth-order valence-electron chi connectivity index (χ4n) is 2.59. The standard InChI is InChI=1S/C21H29N3O4/c1-15(28-18-8-6-7-17(12-18)25-3)13-23-21(22-2)24-14-16-9-10-19(26-4)20(11-16)27-5/h6-12,15H,13-14H2,1-5H3,(H2,22,23,24). The van der Waals surface area contributed by atoms with Gasteiger partial charge in [-0.1, -0.05) is 12.1 Å². The van der Waals surface area contributed by atoms with Crippen LogP contribution in [0.2, 0.25) is 0 Å². The third kappa shape index (κ3) is 6.26. The highest BCUT2D eigenvalue weighted by atomic mass is 16.5. The maximum Gasteiger partial charge on any atom is 0.191 e. The summed E-state index contributed by atoms with van der Waals surface area (Å²) < 4.78 is 21.7. The Morgan fingerprint density at radius 3 is 2.36 bits per heavy atom. The Labute approximate surface area is 166 Å². The molecule has 2 aromatic carbocycles. The summed E-state index contributed by atoms with van der Waals surface area (Å²) in [6, 6.07) is 13.4. The van der Waals surface area contributed by atoms with Crippen molar-refractivity contribution < 1.29 is 18.9 Å². The van der Waals surface area contributed by atoms with Crippen molar-refractivity contribution in [2.45, 2.75) is 19.6 Å². The Kier molecular flexibility index (Phi) is 8.27. The Bertz CT molecular complexity index is 780. The van der Waals surface area contributed by atoms with Gasteiger partial charge >= 0.3 is 0 Å².